The number of rotatable bonds is 14. The first-order valence-corrected chi connectivity index (χ1v) is 19.6. The van der Waals surface area contributed by atoms with Crippen LogP contribution in [-0.4, -0.2) is 63.0 Å². The quantitative estimate of drug-likeness (QED) is 0.113. The third kappa shape index (κ3) is 10.4. The minimum Gasteiger partial charge on any atom is -0.481 e. The van der Waals surface area contributed by atoms with Gasteiger partial charge in [-0.3, -0.25) is 29.0 Å². The molecule has 1 aliphatic rings. The van der Waals surface area contributed by atoms with Crippen molar-refractivity contribution in [3.05, 3.63) is 85.9 Å². The van der Waals surface area contributed by atoms with Crippen molar-refractivity contribution >= 4 is 91.2 Å². The Morgan fingerprint density at radius 1 is 0.769 bits per heavy atom. The van der Waals surface area contributed by atoms with Gasteiger partial charge < -0.3 is 10.2 Å². The molecule has 0 saturated heterocycles. The number of amides is 2. The van der Waals surface area contributed by atoms with Gasteiger partial charge in [-0.25, -0.2) is 15.0 Å². The normalized spacial score (nSPS) is 13.4. The summed E-state index contributed by atoms with van der Waals surface area (Å²) < 4.78 is 0. The van der Waals surface area contributed by atoms with E-state index < -0.39 is 23.8 Å². The summed E-state index contributed by atoms with van der Waals surface area (Å²) in [6.45, 7) is 0. The molecule has 2 amide bonds. The van der Waals surface area contributed by atoms with Crippen molar-refractivity contribution < 1.29 is 29.4 Å². The first-order chi connectivity index (χ1) is 24.9. The number of carboxylic acid groups (broad SMARTS) is 2. The van der Waals surface area contributed by atoms with E-state index >= 15 is 0 Å². The predicted octanol–water partition coefficient (Wildman–Crippen LogP) is 8.53. The van der Waals surface area contributed by atoms with E-state index in [2.05, 4.69) is 15.0 Å². The summed E-state index contributed by atoms with van der Waals surface area (Å²) in [4.78, 5) is 64.0. The summed E-state index contributed by atoms with van der Waals surface area (Å²) in [5.41, 5.74) is 5.36. The van der Waals surface area contributed by atoms with Gasteiger partial charge in [0.15, 0.2) is 10.3 Å². The topological polar surface area (TPSA) is 154 Å². The van der Waals surface area contributed by atoms with Crippen LogP contribution in [-0.2, 0) is 25.6 Å². The second-order valence-electron chi connectivity index (χ2n) is 12.2. The number of benzene rings is 2. The Bertz CT molecular complexity index is 2020. The van der Waals surface area contributed by atoms with Gasteiger partial charge in [0.05, 0.1) is 41.4 Å². The maximum atomic E-state index is 12.9. The molecule has 1 aliphatic carbocycles. The molecule has 16 heteroatoms. The van der Waals surface area contributed by atoms with Crippen molar-refractivity contribution in [2.75, 3.05) is 23.9 Å². The van der Waals surface area contributed by atoms with Crippen molar-refractivity contribution in [2.24, 2.45) is 17.8 Å². The largest absolute Gasteiger partial charge is 0.481 e. The van der Waals surface area contributed by atoms with E-state index in [1.165, 1.54) is 43.8 Å². The number of carboxylic acids is 2. The maximum absolute atomic E-state index is 12.9. The Kier molecular flexibility index (Phi) is 13.5. The van der Waals surface area contributed by atoms with Gasteiger partial charge in [-0.15, -0.1) is 34.0 Å². The molecule has 2 unspecified atom stereocenters. The zero-order valence-electron chi connectivity index (χ0n) is 28.1. The average molecular weight is 801 g/mol. The predicted molar refractivity (Wildman–Crippen MR) is 207 cm³/mol. The van der Waals surface area contributed by atoms with Crippen LogP contribution < -0.4 is 9.80 Å². The molecule has 0 aliphatic heterocycles. The van der Waals surface area contributed by atoms with Crippen molar-refractivity contribution in [3.63, 3.8) is 0 Å². The number of halogens is 2. The Labute approximate surface area is 322 Å². The number of aliphatic carboxylic acids is 2. The van der Waals surface area contributed by atoms with Gasteiger partial charge in [-0.1, -0.05) is 72.4 Å². The number of thiazole rings is 3. The second-order valence-corrected chi connectivity index (χ2v) is 15.4. The zero-order chi connectivity index (χ0) is 37.4. The van der Waals surface area contributed by atoms with Gasteiger partial charge in [0.1, 0.15) is 0 Å². The molecular weight excluding hydrogens is 766 g/mol. The summed E-state index contributed by atoms with van der Waals surface area (Å²) in [6, 6.07) is 14.7. The zero-order valence-corrected chi connectivity index (χ0v) is 32.1. The van der Waals surface area contributed by atoms with Gasteiger partial charge in [-0.05, 0) is 24.5 Å². The highest BCUT2D eigenvalue weighted by Crippen LogP contribution is 2.38. The van der Waals surface area contributed by atoms with E-state index in [1.807, 2.05) is 52.5 Å². The minimum absolute atomic E-state index is 0.136. The van der Waals surface area contributed by atoms with Crippen molar-refractivity contribution in [2.45, 2.75) is 38.5 Å². The minimum atomic E-state index is -1.02. The van der Waals surface area contributed by atoms with E-state index in [0.717, 1.165) is 24.0 Å². The molecule has 11 nitrogen and oxygen atoms in total. The number of nitrogens with zero attached hydrogens (tertiary/aromatic N) is 5. The molecule has 2 aromatic carbocycles. The number of aromatic nitrogens is 3. The van der Waals surface area contributed by atoms with E-state index in [-0.39, 0.29) is 31.1 Å². The van der Waals surface area contributed by atoms with Crippen LogP contribution in [0.2, 0.25) is 10.0 Å². The van der Waals surface area contributed by atoms with Crippen molar-refractivity contribution in [3.8, 4) is 22.5 Å². The van der Waals surface area contributed by atoms with Crippen LogP contribution >= 0.6 is 57.2 Å². The van der Waals surface area contributed by atoms with Crippen molar-refractivity contribution in [1.29, 1.82) is 0 Å². The molecule has 0 bridgehead atoms. The molecule has 6 rings (SSSR count). The summed E-state index contributed by atoms with van der Waals surface area (Å²) in [5, 5.41) is 26.0. The van der Waals surface area contributed by atoms with Crippen LogP contribution in [0.1, 0.15) is 37.8 Å². The molecule has 52 heavy (non-hydrogen) atoms. The Balaban J connectivity index is 0.000000202. The molecule has 3 aromatic heterocycles. The lowest BCUT2D eigenvalue weighted by Crippen LogP contribution is -2.35. The third-order valence-corrected chi connectivity index (χ3v) is 11.4. The lowest BCUT2D eigenvalue weighted by molar-refractivity contribution is -0.141. The lowest BCUT2D eigenvalue weighted by Gasteiger charge is -2.20. The highest BCUT2D eigenvalue weighted by atomic mass is 35.5. The number of hydrogen-bond donors (Lipinski definition) is 2. The van der Waals surface area contributed by atoms with Crippen LogP contribution in [0.5, 0.6) is 0 Å². The first-order valence-electron chi connectivity index (χ1n) is 16.2. The average Bonchev–Trinajstić information content (AvgIpc) is 3.49. The van der Waals surface area contributed by atoms with Crippen LogP contribution in [0.4, 0.5) is 10.3 Å². The number of carbonyl (C=O) groups excluding carboxylic acids is 2. The molecule has 1 fully saturated rings. The monoisotopic (exact) mass is 799 g/mol. The first kappa shape index (κ1) is 39.0. The molecule has 2 N–H and O–H groups in total. The fourth-order valence-electron chi connectivity index (χ4n) is 5.44. The van der Waals surface area contributed by atoms with E-state index in [0.29, 0.717) is 49.7 Å². The summed E-state index contributed by atoms with van der Waals surface area (Å²) in [7, 11) is 3.26. The second kappa shape index (κ2) is 18.0. The standard InChI is InChI=1S/C18H16ClN3O3S2.C18H19ClN2O3S/c1-22(17(25)11(7-16(23)24)6-12-8-26-10-20-12)18-21-15(9-27-18)13-4-2-3-5-14(13)19;1-21(17(24)12(9-16(22)23)8-11-6-7-11)18-20-15(10-25-18)13-4-2-3-5-14(13)19/h2-5,8-11H,6-7H2,1H3,(H,23,24);2-5,10-12H,6-9H2,1H3,(H,22,23). The van der Waals surface area contributed by atoms with Crippen LogP contribution in [0.15, 0.2) is 70.2 Å². The number of carbonyl (C=O) groups is 4. The van der Waals surface area contributed by atoms with Gasteiger partial charge in [0.25, 0.3) is 0 Å². The van der Waals surface area contributed by atoms with E-state index in [9.17, 15) is 24.3 Å². The van der Waals surface area contributed by atoms with Gasteiger partial charge in [-0.2, -0.15) is 0 Å². The lowest BCUT2D eigenvalue weighted by atomic mass is 9.97. The smallest absolute Gasteiger partial charge is 0.304 e. The van der Waals surface area contributed by atoms with Gasteiger partial charge in [0.2, 0.25) is 11.8 Å². The van der Waals surface area contributed by atoms with Crippen LogP contribution in [0.25, 0.3) is 22.5 Å². The summed E-state index contributed by atoms with van der Waals surface area (Å²) >= 11 is 16.5. The summed E-state index contributed by atoms with van der Waals surface area (Å²) in [6.07, 6.45) is 2.69. The fourth-order valence-corrected chi connectivity index (χ4v) is 8.07. The molecule has 0 spiro atoms. The van der Waals surface area contributed by atoms with Crippen LogP contribution in [0.3, 0.4) is 0 Å². The number of anilines is 2. The highest BCUT2D eigenvalue weighted by molar-refractivity contribution is 7.14. The Morgan fingerprint density at radius 2 is 1.25 bits per heavy atom. The van der Waals surface area contributed by atoms with Gasteiger partial charge >= 0.3 is 11.9 Å². The number of hydrogen-bond acceptors (Lipinski definition) is 10. The Hall–Kier alpha value is -4.21. The third-order valence-electron chi connectivity index (χ3n) is 8.31. The van der Waals surface area contributed by atoms with E-state index in [1.54, 1.807) is 31.7 Å². The summed E-state index contributed by atoms with van der Waals surface area (Å²) in [5.74, 6) is -3.17. The van der Waals surface area contributed by atoms with Crippen LogP contribution in [0, 0.1) is 17.8 Å². The molecule has 272 valence electrons. The molecule has 5 aromatic rings. The highest BCUT2D eigenvalue weighted by Gasteiger charge is 2.33. The van der Waals surface area contributed by atoms with Crippen molar-refractivity contribution in [1.82, 2.24) is 15.0 Å². The van der Waals surface area contributed by atoms with E-state index in [4.69, 9.17) is 28.3 Å². The Morgan fingerprint density at radius 3 is 1.69 bits per heavy atom. The molecule has 2 atom stereocenters. The fraction of sp³-hybridized carbons (Fsp3) is 0.306. The molecule has 1 saturated carbocycles. The SMILES string of the molecule is CN(C(=O)C(CC(=O)O)CC1CC1)c1nc(-c2ccccc2Cl)cs1.CN(C(=O)C(CC(=O)O)Cc1cscn1)c1nc(-c2ccccc2Cl)cs1. The maximum Gasteiger partial charge on any atom is 0.304 e. The molecule has 3 heterocycles. The van der Waals surface area contributed by atoms with Gasteiger partial charge in [0, 0.05) is 63.7 Å². The molecular formula is C36H35Cl2N5O6S3. The molecule has 0 radical (unpaired) electrons.